The van der Waals surface area contributed by atoms with E-state index in [0.717, 1.165) is 5.56 Å². The quantitative estimate of drug-likeness (QED) is 0.788. The number of rotatable bonds is 6. The van der Waals surface area contributed by atoms with Crippen molar-refractivity contribution in [1.29, 1.82) is 0 Å². The summed E-state index contributed by atoms with van der Waals surface area (Å²) in [7, 11) is 1.55. The molecule has 1 aliphatic rings. The van der Waals surface area contributed by atoms with Crippen LogP contribution in [-0.2, 0) is 20.9 Å². The van der Waals surface area contributed by atoms with Gasteiger partial charge in [0.2, 0.25) is 0 Å². The number of hydrogen-bond donors (Lipinski definition) is 1. The van der Waals surface area contributed by atoms with Gasteiger partial charge in [0.25, 0.3) is 5.91 Å². The molecule has 1 aromatic carbocycles. The Balaban J connectivity index is 2.03. The van der Waals surface area contributed by atoms with Crippen molar-refractivity contribution in [3.8, 4) is 5.75 Å². The Morgan fingerprint density at radius 3 is 2.59 bits per heavy atom. The van der Waals surface area contributed by atoms with E-state index in [1.54, 1.807) is 56.8 Å². The van der Waals surface area contributed by atoms with Crippen molar-refractivity contribution in [1.82, 2.24) is 9.88 Å². The van der Waals surface area contributed by atoms with E-state index < -0.39 is 23.7 Å². The number of hydrogen-bond acceptors (Lipinski definition) is 6. The first-order valence-electron chi connectivity index (χ1n) is 8.50. The van der Waals surface area contributed by atoms with Crippen molar-refractivity contribution < 1.29 is 24.2 Å². The summed E-state index contributed by atoms with van der Waals surface area (Å²) < 4.78 is 10.2. The summed E-state index contributed by atoms with van der Waals surface area (Å²) in [6.07, 6.45) is 3.27. The molecule has 0 saturated carbocycles. The second-order valence-electron chi connectivity index (χ2n) is 5.95. The van der Waals surface area contributed by atoms with Crippen LogP contribution in [-0.4, -0.2) is 40.6 Å². The standard InChI is InChI=1S/C20H20N2O5/c1-3-27-20(25)16-17(14-6-8-15(26-2)9-7-14)22(19(24)18(16)23)12-13-5-4-10-21-11-13/h4-11,17,23H,3,12H2,1-2H3/t17-/m0/s1. The van der Waals surface area contributed by atoms with E-state index >= 15 is 0 Å². The average Bonchev–Trinajstić information content (AvgIpc) is 2.94. The lowest BCUT2D eigenvalue weighted by atomic mass is 9.99. The molecule has 0 spiro atoms. The number of benzene rings is 1. The average molecular weight is 368 g/mol. The van der Waals surface area contributed by atoms with E-state index in [1.165, 1.54) is 4.90 Å². The lowest BCUT2D eigenvalue weighted by Gasteiger charge is -2.26. The van der Waals surface area contributed by atoms with Crippen LogP contribution in [0.15, 0.2) is 60.1 Å². The summed E-state index contributed by atoms with van der Waals surface area (Å²) in [4.78, 5) is 30.6. The number of carbonyl (C=O) groups is 2. The van der Waals surface area contributed by atoms with Gasteiger partial charge in [-0.25, -0.2) is 4.79 Å². The largest absolute Gasteiger partial charge is 0.503 e. The van der Waals surface area contributed by atoms with Crippen molar-refractivity contribution in [2.24, 2.45) is 0 Å². The fraction of sp³-hybridized carbons (Fsp3) is 0.250. The number of amides is 1. The summed E-state index contributed by atoms with van der Waals surface area (Å²) in [5.74, 6) is -1.27. The minimum absolute atomic E-state index is 0.0593. The number of pyridine rings is 1. The number of aliphatic hydroxyl groups excluding tert-OH is 1. The first kappa shape index (κ1) is 18.4. The van der Waals surface area contributed by atoms with Crippen LogP contribution in [0.4, 0.5) is 0 Å². The molecule has 140 valence electrons. The van der Waals surface area contributed by atoms with Gasteiger partial charge in [0.05, 0.1) is 19.8 Å². The zero-order chi connectivity index (χ0) is 19.4. The molecule has 7 nitrogen and oxygen atoms in total. The third kappa shape index (κ3) is 3.62. The van der Waals surface area contributed by atoms with E-state index in [1.807, 2.05) is 6.07 Å². The molecular weight excluding hydrogens is 348 g/mol. The van der Waals surface area contributed by atoms with E-state index in [2.05, 4.69) is 4.98 Å². The Morgan fingerprint density at radius 1 is 1.26 bits per heavy atom. The highest BCUT2D eigenvalue weighted by atomic mass is 16.5. The summed E-state index contributed by atoms with van der Waals surface area (Å²) >= 11 is 0. The van der Waals surface area contributed by atoms with Gasteiger partial charge in [-0.3, -0.25) is 9.78 Å². The Bertz CT molecular complexity index is 862. The molecule has 1 N–H and O–H groups in total. The molecule has 0 radical (unpaired) electrons. The minimum Gasteiger partial charge on any atom is -0.503 e. The molecule has 3 rings (SSSR count). The van der Waals surface area contributed by atoms with Gasteiger partial charge in [0.1, 0.15) is 11.3 Å². The lowest BCUT2D eigenvalue weighted by Crippen LogP contribution is -2.31. The maximum absolute atomic E-state index is 12.7. The van der Waals surface area contributed by atoms with Crippen LogP contribution in [0.2, 0.25) is 0 Å². The first-order chi connectivity index (χ1) is 13.1. The van der Waals surface area contributed by atoms with Crippen LogP contribution in [0.1, 0.15) is 24.1 Å². The van der Waals surface area contributed by atoms with E-state index in [0.29, 0.717) is 11.3 Å². The lowest BCUT2D eigenvalue weighted by molar-refractivity contribution is -0.139. The monoisotopic (exact) mass is 368 g/mol. The van der Waals surface area contributed by atoms with Crippen molar-refractivity contribution >= 4 is 11.9 Å². The van der Waals surface area contributed by atoms with Gasteiger partial charge in [-0.15, -0.1) is 0 Å². The summed E-state index contributed by atoms with van der Waals surface area (Å²) in [6.45, 7) is 2.00. The number of esters is 1. The molecule has 0 fully saturated rings. The number of aromatic nitrogens is 1. The molecule has 2 aromatic rings. The predicted octanol–water partition coefficient (Wildman–Crippen LogP) is 2.55. The zero-order valence-corrected chi connectivity index (χ0v) is 15.1. The van der Waals surface area contributed by atoms with Gasteiger partial charge in [0.15, 0.2) is 5.76 Å². The Hall–Kier alpha value is -3.35. The molecule has 1 aliphatic heterocycles. The highest BCUT2D eigenvalue weighted by Crippen LogP contribution is 2.39. The maximum Gasteiger partial charge on any atom is 0.340 e. The van der Waals surface area contributed by atoms with Crippen molar-refractivity contribution in [3.63, 3.8) is 0 Å². The Morgan fingerprint density at radius 2 is 2.00 bits per heavy atom. The SMILES string of the molecule is CCOC(=O)C1=C(O)C(=O)N(Cc2cccnc2)[C@H]1c1ccc(OC)cc1. The predicted molar refractivity (Wildman–Crippen MR) is 96.8 cm³/mol. The number of ether oxygens (including phenoxy) is 2. The highest BCUT2D eigenvalue weighted by Gasteiger charge is 2.44. The topological polar surface area (TPSA) is 89.0 Å². The smallest absolute Gasteiger partial charge is 0.340 e. The molecule has 1 atom stereocenters. The summed E-state index contributed by atoms with van der Waals surface area (Å²) in [6, 6.07) is 9.81. The van der Waals surface area contributed by atoms with Gasteiger partial charge in [-0.2, -0.15) is 0 Å². The molecule has 0 saturated heterocycles. The van der Waals surface area contributed by atoms with Crippen LogP contribution in [0.3, 0.4) is 0 Å². The molecule has 7 heteroatoms. The number of nitrogens with zero attached hydrogens (tertiary/aromatic N) is 2. The third-order valence-corrected chi connectivity index (χ3v) is 4.31. The van der Waals surface area contributed by atoms with Crippen LogP contribution < -0.4 is 4.74 Å². The second kappa shape index (κ2) is 7.90. The molecule has 27 heavy (non-hydrogen) atoms. The zero-order valence-electron chi connectivity index (χ0n) is 15.1. The van der Waals surface area contributed by atoms with Crippen molar-refractivity contribution in [3.05, 3.63) is 71.3 Å². The second-order valence-corrected chi connectivity index (χ2v) is 5.95. The molecule has 2 heterocycles. The third-order valence-electron chi connectivity index (χ3n) is 4.31. The first-order valence-corrected chi connectivity index (χ1v) is 8.50. The van der Waals surface area contributed by atoms with Crippen LogP contribution >= 0.6 is 0 Å². The Labute approximate surface area is 156 Å². The van der Waals surface area contributed by atoms with Gasteiger partial charge in [-0.05, 0) is 36.2 Å². The van der Waals surface area contributed by atoms with Crippen LogP contribution in [0.25, 0.3) is 0 Å². The van der Waals surface area contributed by atoms with Crippen LogP contribution in [0.5, 0.6) is 5.75 Å². The van der Waals surface area contributed by atoms with E-state index in [9.17, 15) is 14.7 Å². The Kier molecular flexibility index (Phi) is 5.40. The molecular formula is C20H20N2O5. The molecule has 0 aliphatic carbocycles. The molecule has 1 aromatic heterocycles. The fourth-order valence-electron chi connectivity index (χ4n) is 3.06. The summed E-state index contributed by atoms with van der Waals surface area (Å²) in [5, 5.41) is 10.4. The fourth-order valence-corrected chi connectivity index (χ4v) is 3.06. The van der Waals surface area contributed by atoms with Gasteiger partial charge in [-0.1, -0.05) is 18.2 Å². The minimum atomic E-state index is -0.761. The maximum atomic E-state index is 12.7. The number of carbonyl (C=O) groups excluding carboxylic acids is 2. The van der Waals surface area contributed by atoms with Crippen LogP contribution in [0, 0.1) is 0 Å². The van der Waals surface area contributed by atoms with Gasteiger partial charge >= 0.3 is 5.97 Å². The van der Waals surface area contributed by atoms with E-state index in [4.69, 9.17) is 9.47 Å². The van der Waals surface area contributed by atoms with Gasteiger partial charge < -0.3 is 19.5 Å². The highest BCUT2D eigenvalue weighted by molar-refractivity contribution is 6.06. The molecule has 1 amide bonds. The molecule has 0 bridgehead atoms. The van der Waals surface area contributed by atoms with Gasteiger partial charge in [0, 0.05) is 18.9 Å². The van der Waals surface area contributed by atoms with Crippen molar-refractivity contribution in [2.75, 3.05) is 13.7 Å². The molecule has 0 unspecified atom stereocenters. The number of methoxy groups -OCH3 is 1. The van der Waals surface area contributed by atoms with E-state index in [-0.39, 0.29) is 18.7 Å². The number of aliphatic hydroxyl groups is 1. The summed E-state index contributed by atoms with van der Waals surface area (Å²) in [5.41, 5.74) is 1.39. The normalized spacial score (nSPS) is 16.6. The van der Waals surface area contributed by atoms with Crippen molar-refractivity contribution in [2.45, 2.75) is 19.5 Å².